The summed E-state index contributed by atoms with van der Waals surface area (Å²) in [6.07, 6.45) is 7.54. The van der Waals surface area contributed by atoms with Crippen LogP contribution in [0.5, 0.6) is 0 Å². The zero-order chi connectivity index (χ0) is 15.7. The first-order chi connectivity index (χ1) is 10.6. The number of hydrogen-bond acceptors (Lipinski definition) is 2. The molecule has 1 aromatic heterocycles. The second-order valence-electron chi connectivity index (χ2n) is 6.32. The number of rotatable bonds is 3. The number of aryl methyl sites for hydroxylation is 1. The van der Waals surface area contributed by atoms with Crippen LogP contribution in [0.15, 0.2) is 30.5 Å². The van der Waals surface area contributed by atoms with Gasteiger partial charge in [0.15, 0.2) is 0 Å². The molecule has 1 saturated carbocycles. The third-order valence-electron chi connectivity index (χ3n) is 5.04. The molecule has 2 aromatic rings. The van der Waals surface area contributed by atoms with Gasteiger partial charge in [-0.05, 0) is 18.9 Å². The van der Waals surface area contributed by atoms with Gasteiger partial charge < -0.3 is 14.3 Å². The van der Waals surface area contributed by atoms with Crippen molar-refractivity contribution in [2.45, 2.75) is 37.6 Å². The van der Waals surface area contributed by atoms with E-state index in [0.29, 0.717) is 5.56 Å². The molecule has 1 aliphatic carbocycles. The first-order valence-corrected chi connectivity index (χ1v) is 7.88. The van der Waals surface area contributed by atoms with Crippen LogP contribution in [0.2, 0.25) is 0 Å². The van der Waals surface area contributed by atoms with E-state index in [1.165, 1.54) is 0 Å². The Kier molecular flexibility index (Phi) is 3.77. The number of carbonyl (C=O) groups excluding carboxylic acids is 2. The van der Waals surface area contributed by atoms with Crippen molar-refractivity contribution < 1.29 is 9.59 Å². The Bertz CT molecular complexity index is 711. The number of para-hydroxylation sites is 1. The SMILES string of the molecule is CN(C(=O)c1cn(C)c2ccccc12)C1(C=O)CCCCC1. The average Bonchev–Trinajstić information content (AvgIpc) is 2.91. The van der Waals surface area contributed by atoms with E-state index in [1.807, 2.05) is 42.1 Å². The first-order valence-electron chi connectivity index (χ1n) is 7.88. The van der Waals surface area contributed by atoms with Gasteiger partial charge in [-0.1, -0.05) is 37.5 Å². The Hall–Kier alpha value is -2.10. The minimum absolute atomic E-state index is 0.0641. The zero-order valence-corrected chi connectivity index (χ0v) is 13.2. The van der Waals surface area contributed by atoms with Gasteiger partial charge in [-0.15, -0.1) is 0 Å². The fourth-order valence-corrected chi connectivity index (χ4v) is 3.59. The topological polar surface area (TPSA) is 42.3 Å². The smallest absolute Gasteiger partial charge is 0.256 e. The summed E-state index contributed by atoms with van der Waals surface area (Å²) in [6.45, 7) is 0. The summed E-state index contributed by atoms with van der Waals surface area (Å²) >= 11 is 0. The highest BCUT2D eigenvalue weighted by Crippen LogP contribution is 2.33. The van der Waals surface area contributed by atoms with E-state index in [2.05, 4.69) is 0 Å². The summed E-state index contributed by atoms with van der Waals surface area (Å²) in [5.74, 6) is -0.0641. The molecule has 0 radical (unpaired) electrons. The molecule has 0 N–H and O–H groups in total. The Balaban J connectivity index is 2.00. The number of benzene rings is 1. The normalized spacial score (nSPS) is 17.4. The van der Waals surface area contributed by atoms with Crippen LogP contribution in [-0.4, -0.2) is 34.2 Å². The van der Waals surface area contributed by atoms with E-state index < -0.39 is 5.54 Å². The predicted molar refractivity (Wildman–Crippen MR) is 86.9 cm³/mol. The van der Waals surface area contributed by atoms with Crippen molar-refractivity contribution in [3.8, 4) is 0 Å². The predicted octanol–water partition coefficient (Wildman–Crippen LogP) is 3.15. The number of hydrogen-bond donors (Lipinski definition) is 0. The lowest BCUT2D eigenvalue weighted by atomic mass is 9.81. The fraction of sp³-hybridized carbons (Fsp3) is 0.444. The molecule has 22 heavy (non-hydrogen) atoms. The van der Waals surface area contributed by atoms with Gasteiger partial charge in [0.2, 0.25) is 0 Å². The minimum Gasteiger partial charge on any atom is -0.350 e. The maximum absolute atomic E-state index is 13.0. The van der Waals surface area contributed by atoms with E-state index >= 15 is 0 Å². The lowest BCUT2D eigenvalue weighted by molar-refractivity contribution is -0.118. The van der Waals surface area contributed by atoms with Gasteiger partial charge in [0.25, 0.3) is 5.91 Å². The maximum Gasteiger partial charge on any atom is 0.256 e. The van der Waals surface area contributed by atoms with Gasteiger partial charge in [-0.3, -0.25) is 4.79 Å². The number of carbonyl (C=O) groups is 2. The Morgan fingerprint density at radius 1 is 1.23 bits per heavy atom. The van der Waals surface area contributed by atoms with Crippen LogP contribution < -0.4 is 0 Å². The van der Waals surface area contributed by atoms with Crippen LogP contribution in [0.25, 0.3) is 10.9 Å². The molecule has 1 aliphatic rings. The lowest BCUT2D eigenvalue weighted by Gasteiger charge is -2.40. The highest BCUT2D eigenvalue weighted by molar-refractivity contribution is 6.07. The van der Waals surface area contributed by atoms with Gasteiger partial charge in [0.1, 0.15) is 6.29 Å². The monoisotopic (exact) mass is 298 g/mol. The van der Waals surface area contributed by atoms with Crippen molar-refractivity contribution in [3.05, 3.63) is 36.0 Å². The highest BCUT2D eigenvalue weighted by atomic mass is 16.2. The molecule has 1 aromatic carbocycles. The maximum atomic E-state index is 13.0. The van der Waals surface area contributed by atoms with Crippen LogP contribution in [0, 0.1) is 0 Å². The molecule has 3 rings (SSSR count). The Labute approximate surface area is 130 Å². The molecular formula is C18H22N2O2. The molecule has 4 heteroatoms. The molecule has 1 fully saturated rings. The number of amides is 1. The lowest BCUT2D eigenvalue weighted by Crippen LogP contribution is -2.52. The first kappa shape index (κ1) is 14.8. The zero-order valence-electron chi connectivity index (χ0n) is 13.2. The van der Waals surface area contributed by atoms with Crippen molar-refractivity contribution >= 4 is 23.1 Å². The number of fused-ring (bicyclic) bond motifs is 1. The quantitative estimate of drug-likeness (QED) is 0.817. The molecule has 1 heterocycles. The minimum atomic E-state index is -0.633. The van der Waals surface area contributed by atoms with Crippen LogP contribution in [0.4, 0.5) is 0 Å². The van der Waals surface area contributed by atoms with E-state index in [-0.39, 0.29) is 5.91 Å². The van der Waals surface area contributed by atoms with Crippen molar-refractivity contribution in [1.29, 1.82) is 0 Å². The molecular weight excluding hydrogens is 276 g/mol. The summed E-state index contributed by atoms with van der Waals surface area (Å²) in [7, 11) is 3.71. The molecule has 1 amide bonds. The van der Waals surface area contributed by atoms with Crippen molar-refractivity contribution in [1.82, 2.24) is 9.47 Å². The van der Waals surface area contributed by atoms with Crippen molar-refractivity contribution in [2.24, 2.45) is 7.05 Å². The molecule has 0 saturated heterocycles. The van der Waals surface area contributed by atoms with Gasteiger partial charge >= 0.3 is 0 Å². The summed E-state index contributed by atoms with van der Waals surface area (Å²) in [4.78, 5) is 26.4. The standard InChI is InChI=1S/C18H22N2O2/c1-19-12-15(14-8-4-5-9-16(14)19)17(22)20(2)18(13-21)10-6-3-7-11-18/h4-5,8-9,12-13H,3,6-7,10-11H2,1-2H3. The Morgan fingerprint density at radius 3 is 2.59 bits per heavy atom. The van der Waals surface area contributed by atoms with Crippen LogP contribution >= 0.6 is 0 Å². The Morgan fingerprint density at radius 2 is 1.91 bits per heavy atom. The van der Waals surface area contributed by atoms with Gasteiger partial charge in [0.05, 0.1) is 11.1 Å². The van der Waals surface area contributed by atoms with Gasteiger partial charge in [0, 0.05) is 31.2 Å². The summed E-state index contributed by atoms with van der Waals surface area (Å²) in [5.41, 5.74) is 1.07. The largest absolute Gasteiger partial charge is 0.350 e. The third kappa shape index (κ3) is 2.23. The third-order valence-corrected chi connectivity index (χ3v) is 5.04. The van der Waals surface area contributed by atoms with E-state index in [4.69, 9.17) is 0 Å². The van der Waals surface area contributed by atoms with Crippen LogP contribution in [0.1, 0.15) is 42.5 Å². The van der Waals surface area contributed by atoms with Crippen LogP contribution in [-0.2, 0) is 11.8 Å². The number of aromatic nitrogens is 1. The molecule has 0 aliphatic heterocycles. The van der Waals surface area contributed by atoms with Gasteiger partial charge in [-0.2, -0.15) is 0 Å². The highest BCUT2D eigenvalue weighted by Gasteiger charge is 2.39. The van der Waals surface area contributed by atoms with Crippen LogP contribution in [0.3, 0.4) is 0 Å². The molecule has 0 bridgehead atoms. The average molecular weight is 298 g/mol. The second-order valence-corrected chi connectivity index (χ2v) is 6.32. The van der Waals surface area contributed by atoms with E-state index in [0.717, 1.165) is 49.3 Å². The summed E-state index contributed by atoms with van der Waals surface area (Å²) in [6, 6.07) is 7.87. The van der Waals surface area contributed by atoms with Crippen molar-refractivity contribution in [2.75, 3.05) is 7.05 Å². The molecule has 0 unspecified atom stereocenters. The van der Waals surface area contributed by atoms with E-state index in [1.54, 1.807) is 11.9 Å². The molecule has 0 atom stereocenters. The number of likely N-dealkylation sites (N-methyl/N-ethyl adjacent to an activating group) is 1. The summed E-state index contributed by atoms with van der Waals surface area (Å²) < 4.78 is 1.96. The molecule has 0 spiro atoms. The van der Waals surface area contributed by atoms with Crippen molar-refractivity contribution in [3.63, 3.8) is 0 Å². The van der Waals surface area contributed by atoms with Gasteiger partial charge in [-0.25, -0.2) is 0 Å². The molecule has 4 nitrogen and oxygen atoms in total. The summed E-state index contributed by atoms with van der Waals surface area (Å²) in [5, 5.41) is 0.943. The second kappa shape index (κ2) is 5.59. The number of nitrogens with zero attached hydrogens (tertiary/aromatic N) is 2. The molecule has 116 valence electrons. The fourth-order valence-electron chi connectivity index (χ4n) is 3.59. The van der Waals surface area contributed by atoms with E-state index in [9.17, 15) is 9.59 Å². The number of aldehydes is 1.